The number of phenolic OH excluding ortho intramolecular Hbond substituents is 1. The highest BCUT2D eigenvalue weighted by atomic mass is 16.5. The van der Waals surface area contributed by atoms with Crippen molar-refractivity contribution in [2.24, 2.45) is 29.6 Å². The number of phenols is 1. The van der Waals surface area contributed by atoms with Gasteiger partial charge in [0.2, 0.25) is 23.6 Å². The Morgan fingerprint density at radius 1 is 0.795 bits per heavy atom. The van der Waals surface area contributed by atoms with Gasteiger partial charge in [-0.15, -0.1) is 0 Å². The van der Waals surface area contributed by atoms with Crippen molar-refractivity contribution in [3.8, 4) is 5.75 Å². The first-order chi connectivity index (χ1) is 18.7. The standard InChI is InChI=1S/C28H24N2O9/c1-38-27(36)29-23(32)15-9-8-14-16(19(15)25(29)34)11-17-22(26(35)30(24(17)33)28(37)39-2)21(14)20-13-6-4-3-5-12(13)7-10-18(20)31/h3-8,10,15-17,19,21-22,31H,9,11H2,1-2H3/t15-,16+,17+,19-,21+,22+/m0/s1. The van der Waals surface area contributed by atoms with Crippen LogP contribution in [0.3, 0.4) is 0 Å². The topological polar surface area (TPSA) is 148 Å². The Balaban J connectivity index is 1.56. The zero-order chi connectivity index (χ0) is 27.7. The van der Waals surface area contributed by atoms with Gasteiger partial charge in [-0.05, 0) is 35.6 Å². The lowest BCUT2D eigenvalue weighted by Gasteiger charge is -2.44. The number of allylic oxidation sites excluding steroid dienone is 2. The summed E-state index contributed by atoms with van der Waals surface area (Å²) in [6.45, 7) is 0. The van der Waals surface area contributed by atoms with Crippen LogP contribution in [0, 0.1) is 29.6 Å². The van der Waals surface area contributed by atoms with Gasteiger partial charge in [-0.3, -0.25) is 19.2 Å². The summed E-state index contributed by atoms with van der Waals surface area (Å²) in [4.78, 5) is 79.5. The molecule has 2 aliphatic carbocycles. The number of methoxy groups -OCH3 is 2. The van der Waals surface area contributed by atoms with E-state index in [1.165, 1.54) is 6.07 Å². The zero-order valence-electron chi connectivity index (χ0n) is 21.0. The van der Waals surface area contributed by atoms with Crippen molar-refractivity contribution < 1.29 is 43.3 Å². The maximum atomic E-state index is 13.7. The molecule has 1 N–H and O–H groups in total. The SMILES string of the molecule is COC(=O)N1C(=O)[C@H]2[C@H](CC=C3[C@H]2C[C@H]2C(=O)N(C(=O)OC)C(=O)[C@H]2[C@H]3c2c(O)ccc3ccccc23)C1=O. The summed E-state index contributed by atoms with van der Waals surface area (Å²) in [5.41, 5.74) is 1.01. The number of likely N-dealkylation sites (tertiary alicyclic amines) is 2. The molecule has 0 spiro atoms. The van der Waals surface area contributed by atoms with Gasteiger partial charge < -0.3 is 14.6 Å². The Morgan fingerprint density at radius 2 is 1.41 bits per heavy atom. The van der Waals surface area contributed by atoms with Gasteiger partial charge >= 0.3 is 12.2 Å². The fraction of sp³-hybridized carbons (Fsp3) is 0.357. The first-order valence-electron chi connectivity index (χ1n) is 12.5. The van der Waals surface area contributed by atoms with E-state index in [0.717, 1.165) is 19.6 Å². The molecule has 6 rings (SSSR count). The predicted octanol–water partition coefficient (Wildman–Crippen LogP) is 2.71. The molecule has 2 heterocycles. The molecule has 6 amide bonds. The number of imide groups is 6. The highest BCUT2D eigenvalue weighted by Gasteiger charge is 2.64. The fourth-order valence-electron chi connectivity index (χ4n) is 7.06. The van der Waals surface area contributed by atoms with Crippen molar-refractivity contribution in [1.29, 1.82) is 0 Å². The van der Waals surface area contributed by atoms with Gasteiger partial charge in [0.25, 0.3) is 0 Å². The largest absolute Gasteiger partial charge is 0.508 e. The molecule has 0 bridgehead atoms. The minimum absolute atomic E-state index is 0.00575. The summed E-state index contributed by atoms with van der Waals surface area (Å²) in [7, 11) is 2.14. The van der Waals surface area contributed by atoms with E-state index in [1.54, 1.807) is 24.3 Å². The average molecular weight is 533 g/mol. The van der Waals surface area contributed by atoms with E-state index in [4.69, 9.17) is 4.74 Å². The van der Waals surface area contributed by atoms with Gasteiger partial charge in [-0.2, -0.15) is 9.80 Å². The van der Waals surface area contributed by atoms with Crippen LogP contribution < -0.4 is 0 Å². The number of fused-ring (bicyclic) bond motifs is 5. The van der Waals surface area contributed by atoms with Crippen LogP contribution in [0.25, 0.3) is 10.8 Å². The third-order valence-corrected chi connectivity index (χ3v) is 8.62. The summed E-state index contributed by atoms with van der Waals surface area (Å²) in [6, 6.07) is 10.5. The van der Waals surface area contributed by atoms with Crippen LogP contribution in [0.2, 0.25) is 0 Å². The molecule has 1 saturated carbocycles. The van der Waals surface area contributed by atoms with Crippen molar-refractivity contribution in [3.05, 3.63) is 53.6 Å². The van der Waals surface area contributed by atoms with Crippen molar-refractivity contribution in [2.75, 3.05) is 14.2 Å². The minimum atomic E-state index is -1.11. The van der Waals surface area contributed by atoms with Crippen LogP contribution in [0.15, 0.2) is 48.0 Å². The molecular formula is C28H24N2O9. The van der Waals surface area contributed by atoms with Gasteiger partial charge in [0.05, 0.1) is 37.9 Å². The van der Waals surface area contributed by atoms with Gasteiger partial charge in [0.1, 0.15) is 5.75 Å². The highest BCUT2D eigenvalue weighted by Crippen LogP contribution is 2.59. The van der Waals surface area contributed by atoms with E-state index < -0.39 is 71.3 Å². The van der Waals surface area contributed by atoms with Gasteiger partial charge in [0.15, 0.2) is 0 Å². The average Bonchev–Trinajstić information content (AvgIpc) is 3.35. The van der Waals surface area contributed by atoms with E-state index in [0.29, 0.717) is 26.3 Å². The van der Waals surface area contributed by atoms with Gasteiger partial charge in [-0.1, -0.05) is 42.0 Å². The zero-order valence-corrected chi connectivity index (χ0v) is 21.0. The van der Waals surface area contributed by atoms with Crippen LogP contribution in [-0.4, -0.2) is 64.9 Å². The smallest absolute Gasteiger partial charge is 0.423 e. The highest BCUT2D eigenvalue weighted by molar-refractivity contribution is 6.17. The molecule has 2 saturated heterocycles. The van der Waals surface area contributed by atoms with Crippen LogP contribution in [0.1, 0.15) is 24.3 Å². The Kier molecular flexibility index (Phi) is 5.56. The lowest BCUT2D eigenvalue weighted by molar-refractivity contribution is -0.139. The Labute approximate surface area is 221 Å². The molecule has 11 nitrogen and oxygen atoms in total. The number of benzene rings is 2. The summed E-state index contributed by atoms with van der Waals surface area (Å²) in [5.74, 6) is -8.46. The Hall–Kier alpha value is -4.54. The molecule has 6 atom stereocenters. The molecule has 0 aromatic heterocycles. The van der Waals surface area contributed by atoms with Crippen LogP contribution in [-0.2, 0) is 28.7 Å². The summed E-state index contributed by atoms with van der Waals surface area (Å²) < 4.78 is 9.38. The van der Waals surface area contributed by atoms with Gasteiger partial charge in [-0.25, -0.2) is 9.59 Å². The third-order valence-electron chi connectivity index (χ3n) is 8.62. The first-order valence-corrected chi connectivity index (χ1v) is 12.5. The number of rotatable bonds is 1. The Bertz CT molecular complexity index is 1530. The molecule has 2 aromatic carbocycles. The fourth-order valence-corrected chi connectivity index (χ4v) is 7.06. The number of nitrogens with zero attached hydrogens (tertiary/aromatic N) is 2. The summed E-state index contributed by atoms with van der Waals surface area (Å²) in [6.07, 6.45) is -0.290. The first kappa shape index (κ1) is 24.8. The number of carbonyl (C=O) groups excluding carboxylic acids is 6. The number of ether oxygens (including phenoxy) is 2. The van der Waals surface area contributed by atoms with Crippen LogP contribution in [0.5, 0.6) is 5.75 Å². The molecule has 39 heavy (non-hydrogen) atoms. The number of amides is 6. The second kappa shape index (κ2) is 8.75. The second-order valence-corrected chi connectivity index (χ2v) is 10.2. The molecule has 4 aliphatic rings. The van der Waals surface area contributed by atoms with E-state index in [9.17, 15) is 33.9 Å². The third kappa shape index (κ3) is 3.28. The number of hydrogen-bond donors (Lipinski definition) is 1. The molecule has 3 fully saturated rings. The molecule has 200 valence electrons. The number of hydrogen-bond acceptors (Lipinski definition) is 9. The van der Waals surface area contributed by atoms with Crippen LogP contribution in [0.4, 0.5) is 9.59 Å². The number of carbonyl (C=O) groups is 6. The van der Waals surface area contributed by atoms with Crippen molar-refractivity contribution in [3.63, 3.8) is 0 Å². The number of aromatic hydroxyl groups is 1. The predicted molar refractivity (Wildman–Crippen MR) is 132 cm³/mol. The van der Waals surface area contributed by atoms with E-state index >= 15 is 0 Å². The lowest BCUT2D eigenvalue weighted by atomic mass is 9.56. The maximum absolute atomic E-state index is 13.7. The summed E-state index contributed by atoms with van der Waals surface area (Å²) >= 11 is 0. The molecular weight excluding hydrogens is 508 g/mol. The normalized spacial score (nSPS) is 29.6. The molecule has 2 aliphatic heterocycles. The van der Waals surface area contributed by atoms with E-state index in [1.807, 2.05) is 12.1 Å². The molecule has 11 heteroatoms. The summed E-state index contributed by atoms with van der Waals surface area (Å²) in [5, 5.41) is 12.6. The van der Waals surface area contributed by atoms with E-state index in [-0.39, 0.29) is 18.6 Å². The lowest BCUT2D eigenvalue weighted by Crippen LogP contribution is -2.43. The van der Waals surface area contributed by atoms with Crippen molar-refractivity contribution in [1.82, 2.24) is 9.80 Å². The monoisotopic (exact) mass is 532 g/mol. The maximum Gasteiger partial charge on any atom is 0.423 e. The van der Waals surface area contributed by atoms with Crippen molar-refractivity contribution in [2.45, 2.75) is 18.8 Å². The van der Waals surface area contributed by atoms with Crippen LogP contribution >= 0.6 is 0 Å². The quantitative estimate of drug-likeness (QED) is 0.432. The molecule has 0 unspecified atom stereocenters. The second-order valence-electron chi connectivity index (χ2n) is 10.2. The molecule has 2 aromatic rings. The molecule has 0 radical (unpaired) electrons. The van der Waals surface area contributed by atoms with Gasteiger partial charge in [0, 0.05) is 11.5 Å². The van der Waals surface area contributed by atoms with Crippen molar-refractivity contribution >= 4 is 46.6 Å². The van der Waals surface area contributed by atoms with E-state index in [2.05, 4.69) is 4.74 Å². The minimum Gasteiger partial charge on any atom is -0.508 e. The Morgan fingerprint density at radius 3 is 2.08 bits per heavy atom.